The van der Waals surface area contributed by atoms with Gasteiger partial charge in [-0.1, -0.05) is 12.1 Å². The Morgan fingerprint density at radius 2 is 1.88 bits per heavy atom. The van der Waals surface area contributed by atoms with E-state index in [1.807, 2.05) is 6.07 Å². The minimum Gasteiger partial charge on any atom is -0.339 e. The molecule has 0 aliphatic rings. The van der Waals surface area contributed by atoms with E-state index >= 15 is 0 Å². The molecular formula is C19H16FN5. The lowest BCUT2D eigenvalue weighted by Crippen LogP contribution is -2.00. The second kappa shape index (κ2) is 5.98. The Kier molecular flexibility index (Phi) is 3.65. The average Bonchev–Trinajstić information content (AvgIpc) is 3.03. The van der Waals surface area contributed by atoms with Crippen molar-refractivity contribution in [1.29, 1.82) is 0 Å². The number of halogens is 1. The van der Waals surface area contributed by atoms with Gasteiger partial charge in [0.2, 0.25) is 0 Å². The molecule has 0 atom stereocenters. The third kappa shape index (κ3) is 2.82. The molecule has 0 saturated carbocycles. The molecule has 0 aliphatic heterocycles. The Labute approximate surface area is 144 Å². The number of fused-ring (bicyclic) bond motifs is 1. The van der Waals surface area contributed by atoms with Crippen LogP contribution in [0.4, 0.5) is 15.9 Å². The second-order valence-electron chi connectivity index (χ2n) is 5.92. The van der Waals surface area contributed by atoms with E-state index in [1.165, 1.54) is 29.6 Å². The van der Waals surface area contributed by atoms with E-state index in [1.54, 1.807) is 23.0 Å². The number of aryl methyl sites for hydroxylation is 2. The molecule has 0 unspecified atom stereocenters. The van der Waals surface area contributed by atoms with E-state index in [0.717, 1.165) is 11.1 Å². The third-order valence-electron chi connectivity index (χ3n) is 4.19. The predicted molar refractivity (Wildman–Crippen MR) is 95.8 cm³/mol. The van der Waals surface area contributed by atoms with Gasteiger partial charge in [0, 0.05) is 5.69 Å². The summed E-state index contributed by atoms with van der Waals surface area (Å²) in [7, 11) is 0. The minimum absolute atomic E-state index is 0.305. The zero-order chi connectivity index (χ0) is 17.4. The van der Waals surface area contributed by atoms with Crippen LogP contribution in [0.5, 0.6) is 0 Å². The van der Waals surface area contributed by atoms with Crippen molar-refractivity contribution < 1.29 is 4.39 Å². The van der Waals surface area contributed by atoms with Crippen LogP contribution in [0.1, 0.15) is 11.1 Å². The highest BCUT2D eigenvalue weighted by molar-refractivity contribution is 5.89. The van der Waals surface area contributed by atoms with Crippen molar-refractivity contribution in [2.24, 2.45) is 0 Å². The molecule has 4 rings (SSSR count). The Morgan fingerprint density at radius 1 is 1.00 bits per heavy atom. The SMILES string of the molecule is Cc1ccc(-n2ncc3c(Nc4cccc(F)c4)ncnc32)cc1C. The van der Waals surface area contributed by atoms with Gasteiger partial charge in [0.25, 0.3) is 0 Å². The van der Waals surface area contributed by atoms with Crippen LogP contribution < -0.4 is 5.32 Å². The highest BCUT2D eigenvalue weighted by Crippen LogP contribution is 2.25. The molecule has 0 saturated heterocycles. The molecule has 6 heteroatoms. The Balaban J connectivity index is 1.79. The highest BCUT2D eigenvalue weighted by atomic mass is 19.1. The first-order valence-electron chi connectivity index (χ1n) is 7.91. The van der Waals surface area contributed by atoms with Gasteiger partial charge in [-0.15, -0.1) is 0 Å². The number of nitrogens with one attached hydrogen (secondary N) is 1. The molecule has 2 aromatic heterocycles. The molecule has 0 bridgehead atoms. The first-order valence-corrected chi connectivity index (χ1v) is 7.91. The van der Waals surface area contributed by atoms with Gasteiger partial charge in [0.1, 0.15) is 18.0 Å². The zero-order valence-corrected chi connectivity index (χ0v) is 13.9. The maximum Gasteiger partial charge on any atom is 0.168 e. The molecule has 124 valence electrons. The Morgan fingerprint density at radius 3 is 2.68 bits per heavy atom. The smallest absolute Gasteiger partial charge is 0.168 e. The first kappa shape index (κ1) is 15.3. The fourth-order valence-electron chi connectivity index (χ4n) is 2.69. The number of anilines is 2. The Bertz CT molecular complexity index is 1070. The second-order valence-corrected chi connectivity index (χ2v) is 5.92. The van der Waals surface area contributed by atoms with Crippen LogP contribution >= 0.6 is 0 Å². The van der Waals surface area contributed by atoms with Gasteiger partial charge >= 0.3 is 0 Å². The molecule has 5 nitrogen and oxygen atoms in total. The summed E-state index contributed by atoms with van der Waals surface area (Å²) in [6.45, 7) is 4.14. The quantitative estimate of drug-likeness (QED) is 0.607. The summed E-state index contributed by atoms with van der Waals surface area (Å²) >= 11 is 0. The number of benzene rings is 2. The van der Waals surface area contributed by atoms with Crippen molar-refractivity contribution in [3.05, 3.63) is 71.9 Å². The number of nitrogens with zero attached hydrogens (tertiary/aromatic N) is 4. The lowest BCUT2D eigenvalue weighted by molar-refractivity contribution is 0.628. The van der Waals surface area contributed by atoms with Crippen LogP contribution in [0.3, 0.4) is 0 Å². The zero-order valence-electron chi connectivity index (χ0n) is 13.9. The van der Waals surface area contributed by atoms with E-state index in [0.29, 0.717) is 17.2 Å². The molecular weight excluding hydrogens is 317 g/mol. The predicted octanol–water partition coefficient (Wildman–Crippen LogP) is 4.32. The lowest BCUT2D eigenvalue weighted by atomic mass is 10.1. The van der Waals surface area contributed by atoms with Crippen molar-refractivity contribution in [3.8, 4) is 5.69 Å². The van der Waals surface area contributed by atoms with Crippen LogP contribution in [0.2, 0.25) is 0 Å². The average molecular weight is 333 g/mol. The summed E-state index contributed by atoms with van der Waals surface area (Å²) in [6.07, 6.45) is 3.19. The maximum atomic E-state index is 13.4. The lowest BCUT2D eigenvalue weighted by Gasteiger charge is -2.08. The van der Waals surface area contributed by atoms with Gasteiger partial charge in [0.05, 0.1) is 17.3 Å². The van der Waals surface area contributed by atoms with Crippen molar-refractivity contribution >= 4 is 22.5 Å². The van der Waals surface area contributed by atoms with Crippen LogP contribution in [-0.2, 0) is 0 Å². The van der Waals surface area contributed by atoms with Crippen molar-refractivity contribution in [2.75, 3.05) is 5.32 Å². The van der Waals surface area contributed by atoms with E-state index < -0.39 is 0 Å². The third-order valence-corrected chi connectivity index (χ3v) is 4.19. The van der Waals surface area contributed by atoms with E-state index in [-0.39, 0.29) is 5.82 Å². The summed E-state index contributed by atoms with van der Waals surface area (Å²) in [5.74, 6) is 0.284. The van der Waals surface area contributed by atoms with E-state index in [2.05, 4.69) is 46.4 Å². The molecule has 1 N–H and O–H groups in total. The van der Waals surface area contributed by atoms with Gasteiger partial charge in [-0.3, -0.25) is 0 Å². The molecule has 0 amide bonds. The number of hydrogen-bond donors (Lipinski definition) is 1. The summed E-state index contributed by atoms with van der Waals surface area (Å²) < 4.78 is 15.2. The minimum atomic E-state index is -0.305. The molecule has 4 aromatic rings. The highest BCUT2D eigenvalue weighted by Gasteiger charge is 2.12. The summed E-state index contributed by atoms with van der Waals surface area (Å²) in [4.78, 5) is 8.64. The Hall–Kier alpha value is -3.28. The van der Waals surface area contributed by atoms with Crippen molar-refractivity contribution in [3.63, 3.8) is 0 Å². The van der Waals surface area contributed by atoms with Crippen molar-refractivity contribution in [2.45, 2.75) is 13.8 Å². The molecule has 2 heterocycles. The monoisotopic (exact) mass is 333 g/mol. The first-order chi connectivity index (χ1) is 12.1. The summed E-state index contributed by atoms with van der Waals surface area (Å²) in [6, 6.07) is 12.4. The van der Waals surface area contributed by atoms with E-state index in [9.17, 15) is 4.39 Å². The van der Waals surface area contributed by atoms with Gasteiger partial charge in [-0.05, 0) is 55.3 Å². The summed E-state index contributed by atoms with van der Waals surface area (Å²) in [5.41, 5.74) is 4.67. The molecule has 0 fully saturated rings. The molecule has 0 aliphatic carbocycles. The molecule has 0 radical (unpaired) electrons. The topological polar surface area (TPSA) is 55.6 Å². The molecule has 2 aromatic carbocycles. The van der Waals surface area contributed by atoms with Crippen LogP contribution in [-0.4, -0.2) is 19.7 Å². The number of aromatic nitrogens is 4. The molecule has 25 heavy (non-hydrogen) atoms. The number of rotatable bonds is 3. The normalized spacial score (nSPS) is 11.0. The van der Waals surface area contributed by atoms with Crippen molar-refractivity contribution in [1.82, 2.24) is 19.7 Å². The standard InChI is InChI=1S/C19H16FN5/c1-12-6-7-16(8-13(12)2)25-19-17(10-23-25)18(21-11-22-19)24-15-5-3-4-14(20)9-15/h3-11H,1-2H3,(H,21,22,24). The van der Waals surface area contributed by atoms with Crippen LogP contribution in [0, 0.1) is 19.7 Å². The van der Waals surface area contributed by atoms with Gasteiger partial charge in [0.15, 0.2) is 5.65 Å². The fourth-order valence-corrected chi connectivity index (χ4v) is 2.69. The van der Waals surface area contributed by atoms with Gasteiger partial charge < -0.3 is 5.32 Å². The maximum absolute atomic E-state index is 13.4. The van der Waals surface area contributed by atoms with Gasteiger partial charge in [-0.25, -0.2) is 19.0 Å². The number of hydrogen-bond acceptors (Lipinski definition) is 4. The largest absolute Gasteiger partial charge is 0.339 e. The van der Waals surface area contributed by atoms with Crippen LogP contribution in [0.15, 0.2) is 55.0 Å². The van der Waals surface area contributed by atoms with Crippen LogP contribution in [0.25, 0.3) is 16.7 Å². The van der Waals surface area contributed by atoms with E-state index in [4.69, 9.17) is 0 Å². The fraction of sp³-hybridized carbons (Fsp3) is 0.105. The van der Waals surface area contributed by atoms with Gasteiger partial charge in [-0.2, -0.15) is 5.10 Å². The summed E-state index contributed by atoms with van der Waals surface area (Å²) in [5, 5.41) is 8.35. The molecule has 0 spiro atoms.